The number of fused-ring (bicyclic) bond motifs is 1. The molecule has 0 N–H and O–H groups in total. The number of hydrogen-bond donors (Lipinski definition) is 0. The predicted molar refractivity (Wildman–Crippen MR) is 76.6 cm³/mol. The summed E-state index contributed by atoms with van der Waals surface area (Å²) in [5.74, 6) is 1.15. The number of rotatable bonds is 3. The zero-order valence-electron chi connectivity index (χ0n) is 12.6. The molecule has 2 nitrogen and oxygen atoms in total. The first kappa shape index (κ1) is 13.4. The molecule has 1 aliphatic rings. The van der Waals surface area contributed by atoms with E-state index in [-0.39, 0.29) is 5.60 Å². The molecule has 1 aromatic carbocycles. The van der Waals surface area contributed by atoms with Crippen molar-refractivity contribution in [2.45, 2.75) is 46.1 Å². The highest BCUT2D eigenvalue weighted by molar-refractivity contribution is 5.52. The van der Waals surface area contributed by atoms with E-state index in [0.717, 1.165) is 25.1 Å². The minimum Gasteiger partial charge on any atom is -0.487 e. The average molecular weight is 247 g/mol. The summed E-state index contributed by atoms with van der Waals surface area (Å²) in [6, 6.07) is 2.29. The van der Waals surface area contributed by atoms with Gasteiger partial charge in [0.1, 0.15) is 11.4 Å². The molecule has 0 fully saturated rings. The SMILES string of the molecule is Cc1cc(C)c2c(c1C)OC(C)(CCN(C)C)C2. The van der Waals surface area contributed by atoms with Crippen LogP contribution in [0.4, 0.5) is 0 Å². The Hall–Kier alpha value is -1.02. The second kappa shape index (κ2) is 4.58. The third-order valence-electron chi connectivity index (χ3n) is 4.10. The van der Waals surface area contributed by atoms with Crippen LogP contribution in [0.25, 0.3) is 0 Å². The normalized spacial score (nSPS) is 22.2. The molecule has 1 atom stereocenters. The zero-order valence-corrected chi connectivity index (χ0v) is 12.6. The molecule has 0 saturated heterocycles. The second-order valence-electron chi connectivity index (χ2n) is 6.23. The summed E-state index contributed by atoms with van der Waals surface area (Å²) in [7, 11) is 4.23. The highest BCUT2D eigenvalue weighted by Crippen LogP contribution is 2.42. The van der Waals surface area contributed by atoms with E-state index in [1.54, 1.807) is 0 Å². The van der Waals surface area contributed by atoms with Gasteiger partial charge < -0.3 is 9.64 Å². The highest BCUT2D eigenvalue weighted by atomic mass is 16.5. The van der Waals surface area contributed by atoms with E-state index in [2.05, 4.69) is 52.8 Å². The summed E-state index contributed by atoms with van der Waals surface area (Å²) in [6.45, 7) is 9.85. The Kier molecular flexibility index (Phi) is 3.41. The zero-order chi connectivity index (χ0) is 13.5. The van der Waals surface area contributed by atoms with E-state index < -0.39 is 0 Å². The molecule has 1 heterocycles. The van der Waals surface area contributed by atoms with Gasteiger partial charge in [0.2, 0.25) is 0 Å². The van der Waals surface area contributed by atoms with Gasteiger partial charge in [0.15, 0.2) is 0 Å². The molecule has 1 aliphatic heterocycles. The third kappa shape index (κ3) is 2.39. The van der Waals surface area contributed by atoms with E-state index in [0.29, 0.717) is 0 Å². The summed E-state index contributed by atoms with van der Waals surface area (Å²) in [4.78, 5) is 2.22. The fourth-order valence-electron chi connectivity index (χ4n) is 2.72. The second-order valence-corrected chi connectivity index (χ2v) is 6.23. The van der Waals surface area contributed by atoms with Crippen molar-refractivity contribution in [3.8, 4) is 5.75 Å². The first-order valence-corrected chi connectivity index (χ1v) is 6.76. The Morgan fingerprint density at radius 2 is 1.89 bits per heavy atom. The van der Waals surface area contributed by atoms with Crippen molar-refractivity contribution in [2.75, 3.05) is 20.6 Å². The maximum Gasteiger partial charge on any atom is 0.126 e. The summed E-state index contributed by atoms with van der Waals surface area (Å²) >= 11 is 0. The Morgan fingerprint density at radius 1 is 1.22 bits per heavy atom. The van der Waals surface area contributed by atoms with Crippen LogP contribution in [-0.4, -0.2) is 31.1 Å². The van der Waals surface area contributed by atoms with Crippen LogP contribution in [0, 0.1) is 20.8 Å². The van der Waals surface area contributed by atoms with E-state index in [9.17, 15) is 0 Å². The molecule has 100 valence electrons. The van der Waals surface area contributed by atoms with Crippen LogP contribution in [0.2, 0.25) is 0 Å². The molecule has 2 heteroatoms. The number of aryl methyl sites for hydroxylation is 2. The molecule has 0 aliphatic carbocycles. The fourth-order valence-corrected chi connectivity index (χ4v) is 2.72. The molecule has 2 rings (SSSR count). The highest BCUT2D eigenvalue weighted by Gasteiger charge is 2.36. The Labute approximate surface area is 111 Å². The molecular weight excluding hydrogens is 222 g/mol. The lowest BCUT2D eigenvalue weighted by Crippen LogP contribution is -2.34. The summed E-state index contributed by atoms with van der Waals surface area (Å²) in [6.07, 6.45) is 2.12. The maximum absolute atomic E-state index is 6.31. The summed E-state index contributed by atoms with van der Waals surface area (Å²) < 4.78 is 6.31. The molecule has 18 heavy (non-hydrogen) atoms. The Morgan fingerprint density at radius 3 is 2.50 bits per heavy atom. The van der Waals surface area contributed by atoms with Gasteiger partial charge in [-0.2, -0.15) is 0 Å². The van der Waals surface area contributed by atoms with Crippen molar-refractivity contribution in [2.24, 2.45) is 0 Å². The van der Waals surface area contributed by atoms with E-state index in [1.807, 2.05) is 0 Å². The lowest BCUT2D eigenvalue weighted by molar-refractivity contribution is 0.0950. The number of ether oxygens (including phenoxy) is 1. The topological polar surface area (TPSA) is 12.5 Å². The minimum absolute atomic E-state index is 0.0318. The van der Waals surface area contributed by atoms with Gasteiger partial charge in [0, 0.05) is 18.5 Å². The molecule has 0 spiro atoms. The number of nitrogens with zero attached hydrogens (tertiary/aromatic N) is 1. The van der Waals surface area contributed by atoms with Gasteiger partial charge in [-0.15, -0.1) is 0 Å². The van der Waals surface area contributed by atoms with E-state index in [4.69, 9.17) is 4.74 Å². The lowest BCUT2D eigenvalue weighted by Gasteiger charge is -2.26. The van der Waals surface area contributed by atoms with Crippen LogP contribution in [0.15, 0.2) is 6.07 Å². The van der Waals surface area contributed by atoms with Gasteiger partial charge in [-0.3, -0.25) is 0 Å². The van der Waals surface area contributed by atoms with Gasteiger partial charge in [-0.25, -0.2) is 0 Å². The van der Waals surface area contributed by atoms with Crippen molar-refractivity contribution in [3.63, 3.8) is 0 Å². The predicted octanol–water partition coefficient (Wildman–Crippen LogP) is 3.26. The molecule has 0 radical (unpaired) electrons. The standard InChI is InChI=1S/C16H25NO/c1-11-9-12(2)14-10-16(4,7-8-17(5)6)18-15(14)13(11)3/h9H,7-8,10H2,1-6H3. The van der Waals surface area contributed by atoms with Crippen LogP contribution >= 0.6 is 0 Å². The average Bonchev–Trinajstić information content (AvgIpc) is 2.63. The smallest absolute Gasteiger partial charge is 0.126 e. The van der Waals surface area contributed by atoms with Crippen molar-refractivity contribution in [1.82, 2.24) is 4.90 Å². The van der Waals surface area contributed by atoms with Crippen LogP contribution in [0.5, 0.6) is 5.75 Å². The molecular formula is C16H25NO. The first-order valence-electron chi connectivity index (χ1n) is 6.76. The number of benzene rings is 1. The maximum atomic E-state index is 6.31. The lowest BCUT2D eigenvalue weighted by atomic mass is 9.91. The fraction of sp³-hybridized carbons (Fsp3) is 0.625. The van der Waals surface area contributed by atoms with Crippen molar-refractivity contribution >= 4 is 0 Å². The van der Waals surface area contributed by atoms with Crippen LogP contribution < -0.4 is 4.74 Å². The van der Waals surface area contributed by atoms with Crippen molar-refractivity contribution in [1.29, 1.82) is 0 Å². The first-order chi connectivity index (χ1) is 8.32. The molecule has 0 aromatic heterocycles. The Balaban J connectivity index is 2.27. The van der Waals surface area contributed by atoms with Gasteiger partial charge in [-0.1, -0.05) is 6.07 Å². The quantitative estimate of drug-likeness (QED) is 0.813. The Bertz CT molecular complexity index is 465. The van der Waals surface area contributed by atoms with E-state index >= 15 is 0 Å². The summed E-state index contributed by atoms with van der Waals surface area (Å²) in [5.41, 5.74) is 5.41. The largest absolute Gasteiger partial charge is 0.487 e. The van der Waals surface area contributed by atoms with E-state index in [1.165, 1.54) is 22.3 Å². The van der Waals surface area contributed by atoms with Crippen molar-refractivity contribution < 1.29 is 4.74 Å². The molecule has 1 aromatic rings. The molecule has 0 amide bonds. The third-order valence-corrected chi connectivity index (χ3v) is 4.10. The van der Waals surface area contributed by atoms with Crippen LogP contribution in [0.1, 0.15) is 35.6 Å². The summed E-state index contributed by atoms with van der Waals surface area (Å²) in [5, 5.41) is 0. The van der Waals surface area contributed by atoms with Gasteiger partial charge in [0.25, 0.3) is 0 Å². The van der Waals surface area contributed by atoms with Crippen molar-refractivity contribution in [3.05, 3.63) is 28.3 Å². The van der Waals surface area contributed by atoms with Gasteiger partial charge in [0.05, 0.1) is 0 Å². The number of hydrogen-bond acceptors (Lipinski definition) is 2. The molecule has 1 unspecified atom stereocenters. The molecule has 0 saturated carbocycles. The minimum atomic E-state index is -0.0318. The van der Waals surface area contributed by atoms with Crippen LogP contribution in [0.3, 0.4) is 0 Å². The monoisotopic (exact) mass is 247 g/mol. The van der Waals surface area contributed by atoms with Gasteiger partial charge >= 0.3 is 0 Å². The molecule has 0 bridgehead atoms. The van der Waals surface area contributed by atoms with Crippen LogP contribution in [-0.2, 0) is 6.42 Å². The van der Waals surface area contributed by atoms with Gasteiger partial charge in [-0.05, 0) is 64.9 Å².